The van der Waals surface area contributed by atoms with Crippen molar-refractivity contribution in [2.75, 3.05) is 19.7 Å². The molecule has 0 radical (unpaired) electrons. The van der Waals surface area contributed by atoms with Crippen molar-refractivity contribution in [1.29, 1.82) is 0 Å². The molecule has 4 heteroatoms. The predicted octanol–water partition coefficient (Wildman–Crippen LogP) is 2.87. The third kappa shape index (κ3) is 3.25. The molecule has 1 aliphatic heterocycles. The summed E-state index contributed by atoms with van der Waals surface area (Å²) in [4.78, 5) is 0. The lowest BCUT2D eigenvalue weighted by Crippen LogP contribution is -2.52. The Hall–Kier alpha value is -1.20. The molecule has 0 aromatic heterocycles. The van der Waals surface area contributed by atoms with Crippen LogP contribution < -0.4 is 5.32 Å². The van der Waals surface area contributed by atoms with Gasteiger partial charge >= 0.3 is 0 Å². The van der Waals surface area contributed by atoms with Gasteiger partial charge in [0, 0.05) is 24.0 Å². The SMILES string of the molecule is O[C@](Cc1ccccc1Br)(c1ccccc1)[C@H]1CNCCO1. The zero-order valence-corrected chi connectivity index (χ0v) is 13.9. The van der Waals surface area contributed by atoms with Crippen LogP contribution in [0.1, 0.15) is 11.1 Å². The molecule has 1 heterocycles. The van der Waals surface area contributed by atoms with Crippen LogP contribution >= 0.6 is 15.9 Å². The largest absolute Gasteiger partial charge is 0.382 e. The Kier molecular flexibility index (Phi) is 4.93. The van der Waals surface area contributed by atoms with E-state index in [1.807, 2.05) is 54.6 Å². The molecule has 1 aliphatic rings. The summed E-state index contributed by atoms with van der Waals surface area (Å²) >= 11 is 3.58. The van der Waals surface area contributed by atoms with Crippen molar-refractivity contribution in [2.45, 2.75) is 18.1 Å². The van der Waals surface area contributed by atoms with E-state index in [0.717, 1.165) is 22.1 Å². The summed E-state index contributed by atoms with van der Waals surface area (Å²) in [6.45, 7) is 2.10. The number of halogens is 1. The van der Waals surface area contributed by atoms with Crippen molar-refractivity contribution in [3.05, 3.63) is 70.2 Å². The van der Waals surface area contributed by atoms with Crippen molar-refractivity contribution in [2.24, 2.45) is 0 Å². The van der Waals surface area contributed by atoms with Crippen LogP contribution in [0.3, 0.4) is 0 Å². The van der Waals surface area contributed by atoms with Gasteiger partial charge in [0.2, 0.25) is 0 Å². The topological polar surface area (TPSA) is 41.5 Å². The molecule has 2 N–H and O–H groups in total. The molecule has 22 heavy (non-hydrogen) atoms. The molecule has 1 fully saturated rings. The minimum absolute atomic E-state index is 0.268. The Bertz CT molecular complexity index is 613. The zero-order chi connectivity index (χ0) is 15.4. The lowest BCUT2D eigenvalue weighted by Gasteiger charge is -2.39. The lowest BCUT2D eigenvalue weighted by atomic mass is 9.82. The first-order valence-corrected chi connectivity index (χ1v) is 8.33. The molecule has 116 valence electrons. The van der Waals surface area contributed by atoms with Crippen LogP contribution in [-0.4, -0.2) is 30.9 Å². The van der Waals surface area contributed by atoms with Gasteiger partial charge in [-0.05, 0) is 17.2 Å². The van der Waals surface area contributed by atoms with Crippen LogP contribution in [0, 0.1) is 0 Å². The second-order valence-corrected chi connectivity index (χ2v) is 6.48. The van der Waals surface area contributed by atoms with Gasteiger partial charge in [0.15, 0.2) is 0 Å². The van der Waals surface area contributed by atoms with E-state index < -0.39 is 5.60 Å². The average Bonchev–Trinajstić information content (AvgIpc) is 2.58. The number of benzene rings is 2. The molecule has 0 spiro atoms. The van der Waals surface area contributed by atoms with Crippen LogP contribution in [0.2, 0.25) is 0 Å². The van der Waals surface area contributed by atoms with Crippen molar-refractivity contribution in [1.82, 2.24) is 5.32 Å². The van der Waals surface area contributed by atoms with Gasteiger partial charge in [-0.15, -0.1) is 0 Å². The van der Waals surface area contributed by atoms with Gasteiger partial charge in [0.05, 0.1) is 6.61 Å². The van der Waals surface area contributed by atoms with Gasteiger partial charge < -0.3 is 15.2 Å². The third-order valence-electron chi connectivity index (χ3n) is 4.15. The molecule has 3 nitrogen and oxygen atoms in total. The van der Waals surface area contributed by atoms with Crippen LogP contribution in [0.15, 0.2) is 59.1 Å². The number of hydrogen-bond donors (Lipinski definition) is 2. The van der Waals surface area contributed by atoms with Crippen molar-refractivity contribution in [3.8, 4) is 0 Å². The Balaban J connectivity index is 1.97. The van der Waals surface area contributed by atoms with Gasteiger partial charge in [-0.3, -0.25) is 0 Å². The molecular weight excluding hydrogens is 342 g/mol. The Morgan fingerprint density at radius 1 is 1.14 bits per heavy atom. The Labute approximate surface area is 139 Å². The maximum Gasteiger partial charge on any atom is 0.121 e. The molecule has 2 atom stereocenters. The second kappa shape index (κ2) is 6.92. The van der Waals surface area contributed by atoms with E-state index in [2.05, 4.69) is 21.2 Å². The molecule has 1 saturated heterocycles. The zero-order valence-electron chi connectivity index (χ0n) is 12.3. The summed E-state index contributed by atoms with van der Waals surface area (Å²) in [5.41, 5.74) is 0.904. The smallest absolute Gasteiger partial charge is 0.121 e. The van der Waals surface area contributed by atoms with E-state index in [1.54, 1.807) is 0 Å². The van der Waals surface area contributed by atoms with Crippen molar-refractivity contribution in [3.63, 3.8) is 0 Å². The fraction of sp³-hybridized carbons (Fsp3) is 0.333. The highest BCUT2D eigenvalue weighted by Crippen LogP contribution is 2.33. The molecule has 0 saturated carbocycles. The molecule has 0 amide bonds. The average molecular weight is 362 g/mol. The molecule has 3 rings (SSSR count). The highest BCUT2D eigenvalue weighted by Gasteiger charge is 2.40. The Morgan fingerprint density at radius 3 is 2.55 bits per heavy atom. The van der Waals surface area contributed by atoms with Gasteiger partial charge in [-0.1, -0.05) is 64.5 Å². The molecule has 0 aliphatic carbocycles. The quantitative estimate of drug-likeness (QED) is 0.879. The van der Waals surface area contributed by atoms with E-state index in [0.29, 0.717) is 19.6 Å². The maximum atomic E-state index is 11.5. The standard InChI is InChI=1S/C18H20BrNO2/c19-16-9-5-4-6-14(16)12-18(21,15-7-2-1-3-8-15)17-13-20-10-11-22-17/h1-9,17,20-21H,10-13H2/t17-,18-/m1/s1. The molecule has 0 bridgehead atoms. The highest BCUT2D eigenvalue weighted by molar-refractivity contribution is 9.10. The predicted molar refractivity (Wildman–Crippen MR) is 90.8 cm³/mol. The number of rotatable bonds is 4. The first kappa shape index (κ1) is 15.7. The van der Waals surface area contributed by atoms with E-state index >= 15 is 0 Å². The van der Waals surface area contributed by atoms with Crippen LogP contribution in [0.25, 0.3) is 0 Å². The number of aliphatic hydroxyl groups is 1. The Morgan fingerprint density at radius 2 is 1.86 bits per heavy atom. The number of morpholine rings is 1. The van der Waals surface area contributed by atoms with E-state index in [-0.39, 0.29) is 6.10 Å². The molecule has 0 unspecified atom stereocenters. The van der Waals surface area contributed by atoms with Gasteiger partial charge in [0.1, 0.15) is 11.7 Å². The maximum absolute atomic E-state index is 11.5. The second-order valence-electron chi connectivity index (χ2n) is 5.62. The van der Waals surface area contributed by atoms with Gasteiger partial charge in [0.25, 0.3) is 0 Å². The van der Waals surface area contributed by atoms with Crippen LogP contribution in [-0.2, 0) is 16.8 Å². The number of ether oxygens (including phenoxy) is 1. The van der Waals surface area contributed by atoms with Crippen LogP contribution in [0.5, 0.6) is 0 Å². The van der Waals surface area contributed by atoms with Gasteiger partial charge in [-0.25, -0.2) is 0 Å². The minimum Gasteiger partial charge on any atom is -0.382 e. The fourth-order valence-electron chi connectivity index (χ4n) is 2.93. The van der Waals surface area contributed by atoms with Crippen molar-refractivity contribution < 1.29 is 9.84 Å². The minimum atomic E-state index is -1.06. The van der Waals surface area contributed by atoms with E-state index in [1.165, 1.54) is 0 Å². The number of nitrogens with one attached hydrogen (secondary N) is 1. The number of hydrogen-bond acceptors (Lipinski definition) is 3. The summed E-state index contributed by atoms with van der Waals surface area (Å²) in [6.07, 6.45) is 0.237. The normalized spacial score (nSPS) is 21.3. The van der Waals surface area contributed by atoms with Crippen molar-refractivity contribution >= 4 is 15.9 Å². The molecular formula is C18H20BrNO2. The highest BCUT2D eigenvalue weighted by atomic mass is 79.9. The lowest BCUT2D eigenvalue weighted by molar-refractivity contribution is -0.124. The monoisotopic (exact) mass is 361 g/mol. The van der Waals surface area contributed by atoms with E-state index in [9.17, 15) is 5.11 Å². The molecule has 2 aromatic rings. The first-order valence-electron chi connectivity index (χ1n) is 7.54. The summed E-state index contributed by atoms with van der Waals surface area (Å²) in [7, 11) is 0. The van der Waals surface area contributed by atoms with E-state index in [4.69, 9.17) is 4.74 Å². The van der Waals surface area contributed by atoms with Crippen LogP contribution in [0.4, 0.5) is 0 Å². The third-order valence-corrected chi connectivity index (χ3v) is 4.93. The fourth-order valence-corrected chi connectivity index (χ4v) is 3.36. The summed E-state index contributed by atoms with van der Waals surface area (Å²) in [5.74, 6) is 0. The first-order chi connectivity index (χ1) is 10.7. The van der Waals surface area contributed by atoms with Gasteiger partial charge in [-0.2, -0.15) is 0 Å². The summed E-state index contributed by atoms with van der Waals surface area (Å²) in [5, 5.41) is 14.8. The molecule has 2 aromatic carbocycles. The summed E-state index contributed by atoms with van der Waals surface area (Å²) < 4.78 is 6.89. The summed E-state index contributed by atoms with van der Waals surface area (Å²) in [6, 6.07) is 17.8.